The van der Waals surface area contributed by atoms with Gasteiger partial charge in [-0.1, -0.05) is 0 Å². The van der Waals surface area contributed by atoms with E-state index in [2.05, 4.69) is 25.9 Å². The Bertz CT molecular complexity index is 1110. The second kappa shape index (κ2) is 7.99. The summed E-state index contributed by atoms with van der Waals surface area (Å²) in [6.07, 6.45) is 5.56. The molecule has 3 atom stereocenters. The van der Waals surface area contributed by atoms with Crippen molar-refractivity contribution in [1.82, 2.24) is 9.97 Å². The van der Waals surface area contributed by atoms with Crippen LogP contribution in [0.1, 0.15) is 42.5 Å². The van der Waals surface area contributed by atoms with Crippen molar-refractivity contribution in [2.75, 3.05) is 29.1 Å². The van der Waals surface area contributed by atoms with Gasteiger partial charge in [-0.15, -0.1) is 0 Å². The fourth-order valence-corrected chi connectivity index (χ4v) is 6.58. The predicted octanol–water partition coefficient (Wildman–Crippen LogP) is 1.84. The minimum absolute atomic E-state index is 0.151. The first-order chi connectivity index (χ1) is 16.3. The number of anilines is 4. The highest BCUT2D eigenvalue weighted by atomic mass is 16.5. The SMILES string of the molecule is NC(=O)c1cnc(Nc2ccc3c(c2)NC[C@H](O)CO3)nc1NC1C2CC3CC1CC(O)(C3)C2. The predicted molar refractivity (Wildman–Crippen MR) is 126 cm³/mol. The van der Waals surface area contributed by atoms with E-state index in [0.717, 1.165) is 43.5 Å². The number of aliphatic hydroxyl groups excluding tert-OH is 1. The number of nitrogens with two attached hydrogens (primary N) is 1. The van der Waals surface area contributed by atoms with Crippen LogP contribution in [0.4, 0.5) is 23.1 Å². The average Bonchev–Trinajstić information content (AvgIpc) is 2.96. The number of fused-ring (bicyclic) bond motifs is 1. The molecule has 4 saturated carbocycles. The van der Waals surface area contributed by atoms with Gasteiger partial charge in [0.05, 0.1) is 16.9 Å². The smallest absolute Gasteiger partial charge is 0.254 e. The summed E-state index contributed by atoms with van der Waals surface area (Å²) in [5.74, 6) is 2.15. The summed E-state index contributed by atoms with van der Waals surface area (Å²) >= 11 is 0. The highest BCUT2D eigenvalue weighted by Crippen LogP contribution is 2.56. The Labute approximate surface area is 197 Å². The molecule has 0 spiro atoms. The van der Waals surface area contributed by atoms with Gasteiger partial charge in [0.25, 0.3) is 5.91 Å². The van der Waals surface area contributed by atoms with Gasteiger partial charge in [0.1, 0.15) is 24.3 Å². The maximum Gasteiger partial charge on any atom is 0.254 e. The molecule has 7 rings (SSSR count). The lowest BCUT2D eigenvalue weighted by Gasteiger charge is -2.58. The van der Waals surface area contributed by atoms with Gasteiger partial charge in [0.2, 0.25) is 5.95 Å². The van der Waals surface area contributed by atoms with Crippen LogP contribution in [0.3, 0.4) is 0 Å². The molecule has 180 valence electrons. The number of nitrogens with one attached hydrogen (secondary N) is 3. The zero-order valence-corrected chi connectivity index (χ0v) is 18.8. The Kier molecular flexibility index (Phi) is 5.03. The molecule has 7 N–H and O–H groups in total. The van der Waals surface area contributed by atoms with E-state index >= 15 is 0 Å². The van der Waals surface area contributed by atoms with Crippen LogP contribution < -0.4 is 26.4 Å². The molecule has 1 aromatic carbocycles. The van der Waals surface area contributed by atoms with Gasteiger partial charge in [0.15, 0.2) is 0 Å². The van der Waals surface area contributed by atoms with Crippen LogP contribution in [0.5, 0.6) is 5.75 Å². The molecule has 4 fully saturated rings. The average molecular weight is 467 g/mol. The van der Waals surface area contributed by atoms with Crippen LogP contribution in [0.15, 0.2) is 24.4 Å². The molecule has 34 heavy (non-hydrogen) atoms. The first-order valence-electron chi connectivity index (χ1n) is 12.0. The molecule has 2 aromatic rings. The summed E-state index contributed by atoms with van der Waals surface area (Å²) in [5.41, 5.74) is 6.85. The van der Waals surface area contributed by atoms with Crippen LogP contribution in [-0.2, 0) is 0 Å². The van der Waals surface area contributed by atoms with E-state index in [1.165, 1.54) is 6.20 Å². The number of β-amino-alcohol motifs (C(OH)–C–C–N with tert-alkyl or cyclic N) is 1. The third-order valence-electron chi connectivity index (χ3n) is 7.79. The fraction of sp³-hybridized carbons (Fsp3) is 0.542. The van der Waals surface area contributed by atoms with E-state index in [-0.39, 0.29) is 18.2 Å². The molecule has 4 aliphatic carbocycles. The van der Waals surface area contributed by atoms with E-state index in [0.29, 0.717) is 41.8 Å². The number of ether oxygens (including phenoxy) is 1. The lowest BCUT2D eigenvalue weighted by molar-refractivity contribution is -0.129. The molecule has 10 heteroatoms. The van der Waals surface area contributed by atoms with Gasteiger partial charge in [-0.25, -0.2) is 4.98 Å². The zero-order chi connectivity index (χ0) is 23.4. The van der Waals surface area contributed by atoms with E-state index in [1.54, 1.807) is 0 Å². The molecule has 5 aliphatic rings. The second-order valence-corrected chi connectivity index (χ2v) is 10.4. The normalized spacial score (nSPS) is 33.3. The van der Waals surface area contributed by atoms with Gasteiger partial charge in [-0.05, 0) is 68.1 Å². The number of carbonyl (C=O) groups excluding carboxylic acids is 1. The third kappa shape index (κ3) is 3.90. The monoisotopic (exact) mass is 466 g/mol. The van der Waals surface area contributed by atoms with Crippen LogP contribution >= 0.6 is 0 Å². The molecule has 1 aromatic heterocycles. The first kappa shape index (κ1) is 21.4. The summed E-state index contributed by atoms with van der Waals surface area (Å²) in [5, 5.41) is 30.6. The number of nitrogens with zero attached hydrogens (tertiary/aromatic N) is 2. The van der Waals surface area contributed by atoms with Crippen LogP contribution in [0.2, 0.25) is 0 Å². The maximum atomic E-state index is 12.1. The van der Waals surface area contributed by atoms with E-state index < -0.39 is 17.6 Å². The van der Waals surface area contributed by atoms with Crippen molar-refractivity contribution in [3.8, 4) is 5.75 Å². The Morgan fingerprint density at radius 3 is 2.76 bits per heavy atom. The summed E-state index contributed by atoms with van der Waals surface area (Å²) in [7, 11) is 0. The van der Waals surface area contributed by atoms with Gasteiger partial charge in [-0.3, -0.25) is 4.79 Å². The van der Waals surface area contributed by atoms with Crippen molar-refractivity contribution in [3.63, 3.8) is 0 Å². The number of rotatable bonds is 5. The number of amides is 1. The molecule has 4 bridgehead atoms. The number of aliphatic hydroxyl groups is 2. The summed E-state index contributed by atoms with van der Waals surface area (Å²) in [6, 6.07) is 5.68. The molecule has 0 saturated heterocycles. The Hall–Kier alpha value is -3.11. The van der Waals surface area contributed by atoms with Crippen molar-refractivity contribution in [1.29, 1.82) is 0 Å². The number of carbonyl (C=O) groups is 1. The molecular formula is C24H30N6O4. The topological polar surface area (TPSA) is 155 Å². The van der Waals surface area contributed by atoms with Gasteiger partial charge in [-0.2, -0.15) is 4.98 Å². The summed E-state index contributed by atoms with van der Waals surface area (Å²) < 4.78 is 5.61. The van der Waals surface area contributed by atoms with Crippen molar-refractivity contribution in [2.24, 2.45) is 23.5 Å². The molecular weight excluding hydrogens is 436 g/mol. The third-order valence-corrected chi connectivity index (χ3v) is 7.79. The minimum atomic E-state index is -0.582. The Balaban J connectivity index is 1.24. The fourth-order valence-electron chi connectivity index (χ4n) is 6.58. The molecule has 2 heterocycles. The summed E-state index contributed by atoms with van der Waals surface area (Å²) in [4.78, 5) is 21.0. The van der Waals surface area contributed by atoms with E-state index in [1.807, 2.05) is 18.2 Å². The molecule has 2 unspecified atom stereocenters. The van der Waals surface area contributed by atoms with Crippen LogP contribution in [0, 0.1) is 17.8 Å². The first-order valence-corrected chi connectivity index (χ1v) is 12.0. The highest BCUT2D eigenvalue weighted by Gasteiger charge is 2.54. The van der Waals surface area contributed by atoms with Crippen molar-refractivity contribution in [2.45, 2.75) is 49.9 Å². The zero-order valence-electron chi connectivity index (χ0n) is 18.8. The molecule has 1 amide bonds. The standard InChI is InChI=1S/C24H30N6O4/c25-21(32)17-10-27-23(28-15-1-2-19-18(5-15)26-9-16(31)11-34-19)30-22(17)29-20-13-3-12-4-14(20)8-24(33,6-12)7-13/h1-2,5,10,12-14,16,20,26,31,33H,3-4,6-9,11H2,(H2,25,32)(H2,27,28,29,30)/t12?,13?,14?,16-,20?,24?/m0/s1. The van der Waals surface area contributed by atoms with Crippen molar-refractivity contribution >= 4 is 29.0 Å². The largest absolute Gasteiger partial charge is 0.489 e. The van der Waals surface area contributed by atoms with Gasteiger partial charge in [0, 0.05) is 24.5 Å². The number of primary amides is 1. The van der Waals surface area contributed by atoms with E-state index in [4.69, 9.17) is 10.5 Å². The molecule has 1 aliphatic heterocycles. The van der Waals surface area contributed by atoms with Crippen LogP contribution in [0.25, 0.3) is 0 Å². The summed E-state index contributed by atoms with van der Waals surface area (Å²) in [6.45, 7) is 0.634. The molecule has 0 radical (unpaired) electrons. The Morgan fingerprint density at radius 2 is 2.03 bits per heavy atom. The van der Waals surface area contributed by atoms with E-state index in [9.17, 15) is 15.0 Å². The molecule has 10 nitrogen and oxygen atoms in total. The number of benzene rings is 1. The van der Waals surface area contributed by atoms with Crippen molar-refractivity contribution < 1.29 is 19.7 Å². The second-order valence-electron chi connectivity index (χ2n) is 10.4. The number of hydrogen-bond acceptors (Lipinski definition) is 9. The highest BCUT2D eigenvalue weighted by molar-refractivity contribution is 5.97. The minimum Gasteiger partial charge on any atom is -0.489 e. The lowest BCUT2D eigenvalue weighted by atomic mass is 9.52. The van der Waals surface area contributed by atoms with Gasteiger partial charge < -0.3 is 36.6 Å². The number of aromatic nitrogens is 2. The van der Waals surface area contributed by atoms with Gasteiger partial charge >= 0.3 is 0 Å². The van der Waals surface area contributed by atoms with Crippen molar-refractivity contribution in [3.05, 3.63) is 30.0 Å². The maximum absolute atomic E-state index is 12.1. The lowest BCUT2D eigenvalue weighted by Crippen LogP contribution is -2.59. The van der Waals surface area contributed by atoms with Crippen LogP contribution in [-0.4, -0.2) is 57.0 Å². The quantitative estimate of drug-likeness (QED) is 0.387. The Morgan fingerprint density at radius 1 is 1.24 bits per heavy atom. The number of hydrogen-bond donors (Lipinski definition) is 6.